The van der Waals surface area contributed by atoms with Crippen molar-refractivity contribution in [3.63, 3.8) is 0 Å². The lowest BCUT2D eigenvalue weighted by atomic mass is 10.0. The van der Waals surface area contributed by atoms with E-state index in [2.05, 4.69) is 45.3 Å². The van der Waals surface area contributed by atoms with Crippen LogP contribution < -0.4 is 5.32 Å². The second-order valence-electron chi connectivity index (χ2n) is 6.87. The molecule has 2 N–H and O–H groups in total. The summed E-state index contributed by atoms with van der Waals surface area (Å²) in [5.41, 5.74) is 1.51. The number of halogens is 1. The van der Waals surface area contributed by atoms with Gasteiger partial charge in [-0.1, -0.05) is 13.8 Å². The Kier molecular flexibility index (Phi) is 4.88. The van der Waals surface area contributed by atoms with E-state index in [9.17, 15) is 4.79 Å². The van der Waals surface area contributed by atoms with E-state index in [1.165, 1.54) is 12.8 Å². The minimum atomic E-state index is 0.0377. The van der Waals surface area contributed by atoms with Gasteiger partial charge in [-0.25, -0.2) is 0 Å². The molecule has 22 heavy (non-hydrogen) atoms. The highest BCUT2D eigenvalue weighted by Crippen LogP contribution is 2.29. The van der Waals surface area contributed by atoms with E-state index in [1.807, 2.05) is 4.90 Å². The van der Waals surface area contributed by atoms with Crippen LogP contribution in [0.2, 0.25) is 0 Å². The number of nitrogens with one attached hydrogen (secondary N) is 2. The number of carbonyl (C=O) groups is 1. The first-order chi connectivity index (χ1) is 10.6. The first-order valence-corrected chi connectivity index (χ1v) is 9.12. The molecule has 1 aliphatic heterocycles. The number of piperidine rings is 1. The largest absolute Gasteiger partial charge is 0.337 e. The minimum absolute atomic E-state index is 0.0377. The Balaban J connectivity index is 1.55. The first-order valence-electron chi connectivity index (χ1n) is 8.32. The summed E-state index contributed by atoms with van der Waals surface area (Å²) in [4.78, 5) is 14.6. The lowest BCUT2D eigenvalue weighted by Crippen LogP contribution is -2.45. The molecule has 2 heterocycles. The minimum Gasteiger partial charge on any atom is -0.337 e. The van der Waals surface area contributed by atoms with E-state index in [0.717, 1.165) is 48.6 Å². The Morgan fingerprint density at radius 3 is 2.59 bits per heavy atom. The van der Waals surface area contributed by atoms with Crippen LogP contribution in [0.3, 0.4) is 0 Å². The Bertz CT molecular complexity index is 530. The summed E-state index contributed by atoms with van der Waals surface area (Å²) >= 11 is 3.53. The first kappa shape index (κ1) is 16.0. The summed E-state index contributed by atoms with van der Waals surface area (Å²) in [5.74, 6) is 1.27. The highest BCUT2D eigenvalue weighted by Gasteiger charge is 2.29. The van der Waals surface area contributed by atoms with Gasteiger partial charge in [-0.05, 0) is 60.0 Å². The fourth-order valence-corrected chi connectivity index (χ4v) is 3.76. The van der Waals surface area contributed by atoms with E-state index < -0.39 is 0 Å². The molecule has 0 spiro atoms. The molecule has 0 aromatic carbocycles. The summed E-state index contributed by atoms with van der Waals surface area (Å²) in [7, 11) is 0. The predicted octanol–water partition coefficient (Wildman–Crippen LogP) is 2.90. The van der Waals surface area contributed by atoms with Gasteiger partial charge in [-0.15, -0.1) is 0 Å². The lowest BCUT2D eigenvalue weighted by molar-refractivity contribution is 0.0698. The van der Waals surface area contributed by atoms with Gasteiger partial charge in [0.25, 0.3) is 5.91 Å². The van der Waals surface area contributed by atoms with Crippen LogP contribution in [0.1, 0.15) is 61.6 Å². The van der Waals surface area contributed by atoms with Gasteiger partial charge in [0.1, 0.15) is 0 Å². The molecule has 1 aromatic rings. The summed E-state index contributed by atoms with van der Waals surface area (Å²) in [6, 6.07) is 0.568. The van der Waals surface area contributed by atoms with Crippen LogP contribution in [-0.2, 0) is 0 Å². The number of amides is 1. The number of hydrogen-bond donors (Lipinski definition) is 2. The molecule has 6 heteroatoms. The maximum atomic E-state index is 12.6. The van der Waals surface area contributed by atoms with Crippen LogP contribution in [0, 0.1) is 5.92 Å². The molecule has 1 saturated heterocycles. The number of nitrogens with zero attached hydrogens (tertiary/aromatic N) is 2. The Morgan fingerprint density at radius 1 is 1.36 bits per heavy atom. The van der Waals surface area contributed by atoms with Crippen molar-refractivity contribution in [2.24, 2.45) is 5.92 Å². The van der Waals surface area contributed by atoms with Gasteiger partial charge in [0.2, 0.25) is 0 Å². The molecule has 5 nitrogen and oxygen atoms in total. The van der Waals surface area contributed by atoms with Crippen LogP contribution in [0.4, 0.5) is 0 Å². The van der Waals surface area contributed by atoms with E-state index >= 15 is 0 Å². The number of rotatable bonds is 5. The van der Waals surface area contributed by atoms with E-state index in [4.69, 9.17) is 0 Å². The SMILES string of the molecule is CC(C)c1[nH]nc(C(=O)N2CCC(NCC3CC3)CC2)c1Br. The van der Waals surface area contributed by atoms with Crippen LogP contribution in [0.25, 0.3) is 0 Å². The van der Waals surface area contributed by atoms with Crippen molar-refractivity contribution in [2.45, 2.75) is 51.5 Å². The van der Waals surface area contributed by atoms with Gasteiger partial charge >= 0.3 is 0 Å². The molecule has 1 amide bonds. The fourth-order valence-electron chi connectivity index (χ4n) is 2.96. The molecule has 0 unspecified atom stereocenters. The molecular formula is C16H25BrN4O. The van der Waals surface area contributed by atoms with Crippen LogP contribution in [-0.4, -0.2) is 46.7 Å². The fraction of sp³-hybridized carbons (Fsp3) is 0.750. The smallest absolute Gasteiger partial charge is 0.275 e. The molecule has 0 radical (unpaired) electrons. The van der Waals surface area contributed by atoms with Crippen LogP contribution in [0.15, 0.2) is 4.47 Å². The van der Waals surface area contributed by atoms with Crippen LogP contribution >= 0.6 is 15.9 Å². The molecule has 0 bridgehead atoms. The highest BCUT2D eigenvalue weighted by atomic mass is 79.9. The summed E-state index contributed by atoms with van der Waals surface area (Å²) < 4.78 is 0.821. The lowest BCUT2D eigenvalue weighted by Gasteiger charge is -2.32. The van der Waals surface area contributed by atoms with Crippen molar-refractivity contribution in [1.29, 1.82) is 0 Å². The number of likely N-dealkylation sites (tertiary alicyclic amines) is 1. The quantitative estimate of drug-likeness (QED) is 0.839. The van der Waals surface area contributed by atoms with Gasteiger partial charge in [-0.3, -0.25) is 9.89 Å². The van der Waals surface area contributed by atoms with Gasteiger partial charge in [0.05, 0.1) is 10.2 Å². The third-order valence-electron chi connectivity index (χ3n) is 4.69. The predicted molar refractivity (Wildman–Crippen MR) is 90.0 cm³/mol. The zero-order valence-electron chi connectivity index (χ0n) is 13.4. The van der Waals surface area contributed by atoms with Crippen molar-refractivity contribution in [2.75, 3.05) is 19.6 Å². The number of H-pyrrole nitrogens is 1. The standard InChI is InChI=1S/C16H25BrN4O/c1-10(2)14-13(17)15(20-19-14)16(22)21-7-5-12(6-8-21)18-9-11-3-4-11/h10-12,18H,3-9H2,1-2H3,(H,19,20). The average molecular weight is 369 g/mol. The van der Waals surface area contributed by atoms with Crippen LogP contribution in [0.5, 0.6) is 0 Å². The number of carbonyl (C=O) groups excluding carboxylic acids is 1. The van der Waals surface area contributed by atoms with E-state index in [-0.39, 0.29) is 5.91 Å². The Morgan fingerprint density at radius 2 is 2.05 bits per heavy atom. The maximum absolute atomic E-state index is 12.6. The van der Waals surface area contributed by atoms with Gasteiger partial charge < -0.3 is 10.2 Å². The normalized spacial score (nSPS) is 19.9. The highest BCUT2D eigenvalue weighted by molar-refractivity contribution is 9.10. The maximum Gasteiger partial charge on any atom is 0.275 e. The molecule has 122 valence electrons. The Hall–Kier alpha value is -0.880. The summed E-state index contributed by atoms with van der Waals surface area (Å²) in [6.45, 7) is 6.96. The molecule has 3 rings (SSSR count). The van der Waals surface area contributed by atoms with Gasteiger partial charge in [-0.2, -0.15) is 5.10 Å². The summed E-state index contributed by atoms with van der Waals surface area (Å²) in [5, 5.41) is 10.8. The van der Waals surface area contributed by atoms with Crippen molar-refractivity contribution in [1.82, 2.24) is 20.4 Å². The zero-order valence-corrected chi connectivity index (χ0v) is 14.9. The Labute approximate surface area is 140 Å². The third kappa shape index (κ3) is 3.54. The second-order valence-corrected chi connectivity index (χ2v) is 7.67. The van der Waals surface area contributed by atoms with E-state index in [0.29, 0.717) is 17.7 Å². The number of hydrogen-bond acceptors (Lipinski definition) is 3. The number of aromatic nitrogens is 2. The van der Waals surface area contributed by atoms with E-state index in [1.54, 1.807) is 0 Å². The average Bonchev–Trinajstić information content (AvgIpc) is 3.26. The van der Waals surface area contributed by atoms with Crippen molar-refractivity contribution in [3.8, 4) is 0 Å². The summed E-state index contributed by atoms with van der Waals surface area (Å²) in [6.07, 6.45) is 4.85. The van der Waals surface area contributed by atoms with Gasteiger partial charge in [0, 0.05) is 19.1 Å². The molecular weight excluding hydrogens is 344 g/mol. The van der Waals surface area contributed by atoms with Crippen molar-refractivity contribution in [3.05, 3.63) is 15.9 Å². The molecule has 1 saturated carbocycles. The van der Waals surface area contributed by atoms with Crippen molar-refractivity contribution >= 4 is 21.8 Å². The third-order valence-corrected chi connectivity index (χ3v) is 5.49. The number of aromatic amines is 1. The van der Waals surface area contributed by atoms with Gasteiger partial charge in [0.15, 0.2) is 5.69 Å². The second kappa shape index (κ2) is 6.71. The molecule has 1 aliphatic carbocycles. The molecule has 2 aliphatic rings. The molecule has 2 fully saturated rings. The topological polar surface area (TPSA) is 61.0 Å². The zero-order chi connectivity index (χ0) is 15.7. The monoisotopic (exact) mass is 368 g/mol. The molecule has 1 aromatic heterocycles. The van der Waals surface area contributed by atoms with Crippen molar-refractivity contribution < 1.29 is 4.79 Å². The molecule has 0 atom stereocenters.